The summed E-state index contributed by atoms with van der Waals surface area (Å²) in [6, 6.07) is 7.32. The van der Waals surface area contributed by atoms with Crippen LogP contribution in [0.2, 0.25) is 0 Å². The lowest BCUT2D eigenvalue weighted by Gasteiger charge is -2.26. The minimum absolute atomic E-state index is 0.0953. The Labute approximate surface area is 194 Å². The van der Waals surface area contributed by atoms with Gasteiger partial charge in [0.05, 0.1) is 23.7 Å². The van der Waals surface area contributed by atoms with Gasteiger partial charge in [0.2, 0.25) is 15.8 Å². The number of ether oxygens (including phenoxy) is 3. The molecular weight excluding hydrogens is 448 g/mol. The molecule has 0 aliphatic carbocycles. The van der Waals surface area contributed by atoms with E-state index in [2.05, 4.69) is 0 Å². The fourth-order valence-corrected chi connectivity index (χ4v) is 5.19. The number of carbonyl (C=O) groups excluding carboxylic acids is 2. The second kappa shape index (κ2) is 11.1. The van der Waals surface area contributed by atoms with Crippen LogP contribution in [0.3, 0.4) is 0 Å². The number of ketones is 1. The number of hydrogen-bond acceptors (Lipinski definition) is 7. The Kier molecular flexibility index (Phi) is 8.41. The van der Waals surface area contributed by atoms with Gasteiger partial charge >= 0.3 is 5.97 Å². The first-order valence-corrected chi connectivity index (χ1v) is 12.2. The molecule has 180 valence electrons. The zero-order valence-electron chi connectivity index (χ0n) is 19.2. The van der Waals surface area contributed by atoms with Crippen LogP contribution >= 0.6 is 0 Å². The molecule has 0 spiro atoms. The van der Waals surface area contributed by atoms with Gasteiger partial charge in [0.25, 0.3) is 0 Å². The molecule has 0 saturated carbocycles. The van der Waals surface area contributed by atoms with Crippen LogP contribution < -0.4 is 0 Å². The normalized spacial score (nSPS) is 14.9. The van der Waals surface area contributed by atoms with Crippen LogP contribution in [0.25, 0.3) is 0 Å². The fraction of sp³-hybridized carbons (Fsp3) is 0.478. The summed E-state index contributed by atoms with van der Waals surface area (Å²) in [5.41, 5.74) is 2.47. The average Bonchev–Trinajstić information content (AvgIpc) is 3.11. The molecule has 0 atom stereocenters. The third kappa shape index (κ3) is 5.89. The van der Waals surface area contributed by atoms with Crippen molar-refractivity contribution in [2.45, 2.75) is 31.7 Å². The van der Waals surface area contributed by atoms with Crippen LogP contribution in [0, 0.1) is 13.8 Å². The first kappa shape index (κ1) is 25.1. The third-order valence-electron chi connectivity index (χ3n) is 5.64. The molecule has 2 aromatic rings. The maximum Gasteiger partial charge on any atom is 0.338 e. The van der Waals surface area contributed by atoms with Crippen LogP contribution in [0.4, 0.5) is 0 Å². The van der Waals surface area contributed by atoms with Gasteiger partial charge in [0.1, 0.15) is 0 Å². The molecule has 1 aromatic heterocycles. The Morgan fingerprint density at radius 2 is 1.76 bits per heavy atom. The second-order valence-electron chi connectivity index (χ2n) is 7.82. The maximum absolute atomic E-state index is 12.7. The topological polar surface area (TPSA) is 104 Å². The highest BCUT2D eigenvalue weighted by molar-refractivity contribution is 7.89. The van der Waals surface area contributed by atoms with E-state index in [9.17, 15) is 18.0 Å². The monoisotopic (exact) mass is 478 g/mol. The average molecular weight is 479 g/mol. The van der Waals surface area contributed by atoms with E-state index in [1.54, 1.807) is 13.2 Å². The maximum atomic E-state index is 12.7. The second-order valence-corrected chi connectivity index (χ2v) is 9.76. The van der Waals surface area contributed by atoms with Gasteiger partial charge in [0.15, 0.2) is 6.61 Å². The Morgan fingerprint density at radius 3 is 2.39 bits per heavy atom. The van der Waals surface area contributed by atoms with Gasteiger partial charge in [-0.05, 0) is 50.6 Å². The third-order valence-corrected chi connectivity index (χ3v) is 7.55. The summed E-state index contributed by atoms with van der Waals surface area (Å²) in [6.07, 6.45) is 0.826. The molecule has 33 heavy (non-hydrogen) atoms. The first-order valence-electron chi connectivity index (χ1n) is 10.8. The summed E-state index contributed by atoms with van der Waals surface area (Å²) in [6.45, 7) is 6.05. The van der Waals surface area contributed by atoms with E-state index in [0.717, 1.165) is 24.4 Å². The molecule has 0 unspecified atom stereocenters. The summed E-state index contributed by atoms with van der Waals surface area (Å²) in [5, 5.41) is 0. The molecule has 1 aromatic carbocycles. The highest BCUT2D eigenvalue weighted by Crippen LogP contribution is 2.19. The van der Waals surface area contributed by atoms with Crippen molar-refractivity contribution < 1.29 is 32.2 Å². The number of morpholine rings is 1. The van der Waals surface area contributed by atoms with Gasteiger partial charge in [-0.2, -0.15) is 4.31 Å². The largest absolute Gasteiger partial charge is 0.454 e. The minimum atomic E-state index is -3.64. The number of hydrogen-bond donors (Lipinski definition) is 0. The molecule has 0 N–H and O–H groups in total. The van der Waals surface area contributed by atoms with Crippen molar-refractivity contribution in [3.63, 3.8) is 0 Å². The van der Waals surface area contributed by atoms with E-state index in [1.165, 1.54) is 28.6 Å². The van der Waals surface area contributed by atoms with Crippen molar-refractivity contribution in [3.8, 4) is 0 Å². The molecule has 10 heteroatoms. The molecule has 1 fully saturated rings. The van der Waals surface area contributed by atoms with Crippen LogP contribution in [-0.4, -0.2) is 75.7 Å². The van der Waals surface area contributed by atoms with Gasteiger partial charge in [0, 0.05) is 50.3 Å². The van der Waals surface area contributed by atoms with Gasteiger partial charge < -0.3 is 18.8 Å². The molecular formula is C23H30N2O7S. The van der Waals surface area contributed by atoms with Crippen molar-refractivity contribution in [1.82, 2.24) is 8.87 Å². The Hall–Kier alpha value is -2.53. The van der Waals surface area contributed by atoms with Crippen LogP contribution in [0.15, 0.2) is 35.2 Å². The molecule has 9 nitrogen and oxygen atoms in total. The van der Waals surface area contributed by atoms with Crippen molar-refractivity contribution >= 4 is 21.8 Å². The number of methoxy groups -OCH3 is 1. The van der Waals surface area contributed by atoms with E-state index >= 15 is 0 Å². The summed E-state index contributed by atoms with van der Waals surface area (Å²) in [7, 11) is -2.00. The van der Waals surface area contributed by atoms with Crippen molar-refractivity contribution in [2.75, 3.05) is 46.6 Å². The molecule has 1 aliphatic rings. The van der Waals surface area contributed by atoms with Gasteiger partial charge in [-0.1, -0.05) is 0 Å². The highest BCUT2D eigenvalue weighted by atomic mass is 32.2. The van der Waals surface area contributed by atoms with Crippen molar-refractivity contribution in [1.29, 1.82) is 0 Å². The molecule has 0 amide bonds. The number of sulfonamides is 1. The molecule has 2 heterocycles. The molecule has 0 bridgehead atoms. The van der Waals surface area contributed by atoms with Crippen LogP contribution in [0.5, 0.6) is 0 Å². The highest BCUT2D eigenvalue weighted by Gasteiger charge is 2.26. The first-order chi connectivity index (χ1) is 15.8. The van der Waals surface area contributed by atoms with Crippen LogP contribution in [-0.2, 0) is 30.8 Å². The summed E-state index contributed by atoms with van der Waals surface area (Å²) < 4.78 is 44.2. The minimum Gasteiger partial charge on any atom is -0.454 e. The Balaban J connectivity index is 1.61. The number of esters is 1. The van der Waals surface area contributed by atoms with Crippen molar-refractivity contribution in [3.05, 3.63) is 52.8 Å². The molecule has 1 saturated heterocycles. The number of carbonyl (C=O) groups is 2. The van der Waals surface area contributed by atoms with E-state index < -0.39 is 22.6 Å². The SMILES string of the molecule is COCCCn1c(C)cc(C(=O)COC(=O)c2ccc(S(=O)(=O)N3CCOCC3)cc2)c1C. The quantitative estimate of drug-likeness (QED) is 0.293. The van der Waals surface area contributed by atoms with E-state index in [-0.39, 0.29) is 16.2 Å². The van der Waals surface area contributed by atoms with E-state index in [1.807, 2.05) is 18.4 Å². The summed E-state index contributed by atoms with van der Waals surface area (Å²) >= 11 is 0. The number of aryl methyl sites for hydroxylation is 1. The smallest absolute Gasteiger partial charge is 0.338 e. The predicted octanol–water partition coefficient (Wildman–Crippen LogP) is 2.20. The lowest BCUT2D eigenvalue weighted by atomic mass is 10.1. The number of rotatable bonds is 10. The van der Waals surface area contributed by atoms with E-state index in [4.69, 9.17) is 14.2 Å². The lowest BCUT2D eigenvalue weighted by Crippen LogP contribution is -2.40. The van der Waals surface area contributed by atoms with Gasteiger partial charge in [-0.25, -0.2) is 13.2 Å². The lowest BCUT2D eigenvalue weighted by molar-refractivity contribution is 0.0474. The fourth-order valence-electron chi connectivity index (χ4n) is 3.79. The summed E-state index contributed by atoms with van der Waals surface area (Å²) in [4.78, 5) is 25.1. The van der Waals surface area contributed by atoms with E-state index in [0.29, 0.717) is 38.5 Å². The Morgan fingerprint density at radius 1 is 1.09 bits per heavy atom. The predicted molar refractivity (Wildman–Crippen MR) is 121 cm³/mol. The zero-order chi connectivity index (χ0) is 24.0. The van der Waals surface area contributed by atoms with Gasteiger partial charge in [-0.3, -0.25) is 4.79 Å². The van der Waals surface area contributed by atoms with Gasteiger partial charge in [-0.15, -0.1) is 0 Å². The molecule has 0 radical (unpaired) electrons. The zero-order valence-corrected chi connectivity index (χ0v) is 20.0. The molecule has 1 aliphatic heterocycles. The number of nitrogens with zero attached hydrogens (tertiary/aromatic N) is 2. The standard InChI is InChI=1S/C23H30N2O7S/c1-17-15-21(18(2)25(17)9-4-12-30-3)22(26)16-32-23(27)19-5-7-20(8-6-19)33(28,29)24-10-13-31-14-11-24/h5-8,15H,4,9-14,16H2,1-3H3. The van der Waals surface area contributed by atoms with Crippen LogP contribution in [0.1, 0.15) is 38.5 Å². The van der Waals surface area contributed by atoms with Crippen molar-refractivity contribution in [2.24, 2.45) is 0 Å². The Bertz CT molecular complexity index is 1080. The number of Topliss-reactive ketones (excluding diaryl/α,β-unsaturated/α-hetero) is 1. The number of aromatic nitrogens is 1. The summed E-state index contributed by atoms with van der Waals surface area (Å²) in [5.74, 6) is -0.978. The number of benzene rings is 1. The molecule has 3 rings (SSSR count).